The fraction of sp³-hybridized carbons (Fsp3) is 0.684. The third-order valence-electron chi connectivity index (χ3n) is 3.92. The highest BCUT2D eigenvalue weighted by Crippen LogP contribution is 2.69. The summed E-state index contributed by atoms with van der Waals surface area (Å²) in [5.41, 5.74) is -1.23. The molecule has 0 saturated carbocycles. The zero-order valence-corrected chi connectivity index (χ0v) is 20.9. The van der Waals surface area contributed by atoms with Crippen LogP contribution in [0.2, 0.25) is 0 Å². The fourth-order valence-corrected chi connectivity index (χ4v) is 8.96. The maximum atomic E-state index is 13.4. The molecule has 1 aromatic carbocycles. The number of rotatable bonds is 17. The van der Waals surface area contributed by atoms with E-state index in [1.54, 1.807) is 27.7 Å². The molecular weight excluding hydrogens is 448 g/mol. The summed E-state index contributed by atoms with van der Waals surface area (Å²) < 4.78 is 60.7. The van der Waals surface area contributed by atoms with Crippen molar-refractivity contribution < 1.29 is 31.8 Å². The molecule has 8 nitrogen and oxygen atoms in total. The number of benzene rings is 1. The third kappa shape index (κ3) is 8.73. The summed E-state index contributed by atoms with van der Waals surface area (Å²) in [5, 5.41) is 3.03. The molecule has 1 aromatic rings. The van der Waals surface area contributed by atoms with Gasteiger partial charge < -0.3 is 22.6 Å². The van der Waals surface area contributed by atoms with Crippen LogP contribution in [0, 0.1) is 0 Å². The van der Waals surface area contributed by atoms with Gasteiger partial charge in [-0.1, -0.05) is 18.2 Å². The molecule has 0 spiro atoms. The van der Waals surface area contributed by atoms with E-state index < -0.39 is 31.9 Å². The SMILES string of the molecule is CCOP(=O)(OCC)C(NCCCC[S+]([O-])c1ccccc1)P(=O)(OCC)OCC. The molecule has 0 heterocycles. The minimum atomic E-state index is -3.81. The Labute approximate surface area is 183 Å². The number of hydrogen-bond acceptors (Lipinski definition) is 8. The molecular formula is C19H35NO7P2S. The van der Waals surface area contributed by atoms with Crippen LogP contribution in [0.5, 0.6) is 0 Å². The molecule has 30 heavy (non-hydrogen) atoms. The lowest BCUT2D eigenvalue weighted by atomic mass is 10.3. The molecule has 0 radical (unpaired) electrons. The van der Waals surface area contributed by atoms with Crippen molar-refractivity contribution in [3.8, 4) is 0 Å². The van der Waals surface area contributed by atoms with Gasteiger partial charge >= 0.3 is 15.2 Å². The maximum Gasteiger partial charge on any atom is 0.359 e. The number of unbranched alkanes of at least 4 members (excludes halogenated alkanes) is 1. The molecule has 1 rings (SSSR count). The maximum absolute atomic E-state index is 13.4. The minimum Gasteiger partial charge on any atom is -0.611 e. The highest BCUT2D eigenvalue weighted by molar-refractivity contribution is 7.91. The minimum absolute atomic E-state index is 0.129. The van der Waals surface area contributed by atoms with Crippen molar-refractivity contribution in [3.05, 3.63) is 30.3 Å². The summed E-state index contributed by atoms with van der Waals surface area (Å²) in [5.74, 6) is 0.500. The molecule has 0 saturated heterocycles. The normalized spacial score (nSPS) is 13.7. The molecule has 1 unspecified atom stereocenters. The Kier molecular flexibility index (Phi) is 13.7. The van der Waals surface area contributed by atoms with Gasteiger partial charge in [0.25, 0.3) is 0 Å². The van der Waals surface area contributed by atoms with Crippen molar-refractivity contribution in [2.24, 2.45) is 0 Å². The predicted molar refractivity (Wildman–Crippen MR) is 120 cm³/mol. The van der Waals surface area contributed by atoms with Crippen molar-refractivity contribution in [2.75, 3.05) is 38.7 Å². The molecule has 1 N–H and O–H groups in total. The largest absolute Gasteiger partial charge is 0.611 e. The topological polar surface area (TPSA) is 106 Å². The zero-order chi connectivity index (χ0) is 22.5. The molecule has 174 valence electrons. The van der Waals surface area contributed by atoms with E-state index in [0.717, 1.165) is 4.90 Å². The molecule has 0 aliphatic carbocycles. The van der Waals surface area contributed by atoms with E-state index in [-0.39, 0.29) is 26.4 Å². The van der Waals surface area contributed by atoms with Crippen LogP contribution < -0.4 is 5.32 Å². The van der Waals surface area contributed by atoms with Crippen molar-refractivity contribution in [3.63, 3.8) is 0 Å². The molecule has 0 aliphatic rings. The summed E-state index contributed by atoms with van der Waals surface area (Å²) in [4.78, 5) is 0.790. The Morgan fingerprint density at radius 1 is 0.867 bits per heavy atom. The second kappa shape index (κ2) is 14.8. The van der Waals surface area contributed by atoms with Crippen LogP contribution >= 0.6 is 15.2 Å². The number of hydrogen-bond donors (Lipinski definition) is 1. The predicted octanol–water partition coefficient (Wildman–Crippen LogP) is 4.98. The first-order chi connectivity index (χ1) is 14.4. The molecule has 0 amide bonds. The van der Waals surface area contributed by atoms with E-state index in [1.165, 1.54) is 0 Å². The molecule has 0 bridgehead atoms. The summed E-state index contributed by atoms with van der Waals surface area (Å²) in [6, 6.07) is 9.28. The van der Waals surface area contributed by atoms with Crippen molar-refractivity contribution in [1.29, 1.82) is 0 Å². The molecule has 0 aliphatic heterocycles. The van der Waals surface area contributed by atoms with E-state index in [1.807, 2.05) is 30.3 Å². The van der Waals surface area contributed by atoms with Crippen molar-refractivity contribution in [2.45, 2.75) is 51.0 Å². The van der Waals surface area contributed by atoms with E-state index in [0.29, 0.717) is 25.1 Å². The highest BCUT2D eigenvalue weighted by atomic mass is 32.2. The lowest BCUT2D eigenvalue weighted by Gasteiger charge is -2.31. The van der Waals surface area contributed by atoms with Gasteiger partial charge in [-0.15, -0.1) is 0 Å². The summed E-state index contributed by atoms with van der Waals surface area (Å²) in [7, 11) is -7.62. The Bertz CT molecular complexity index is 630. The zero-order valence-electron chi connectivity index (χ0n) is 18.3. The van der Waals surface area contributed by atoms with Gasteiger partial charge in [0.2, 0.25) is 5.52 Å². The van der Waals surface area contributed by atoms with Gasteiger partial charge in [-0.05, 0) is 70.4 Å². The summed E-state index contributed by atoms with van der Waals surface area (Å²) in [6.45, 7) is 7.63. The van der Waals surface area contributed by atoms with Gasteiger partial charge in [-0.3, -0.25) is 14.4 Å². The number of nitrogens with one attached hydrogen (secondary N) is 1. The summed E-state index contributed by atoms with van der Waals surface area (Å²) >= 11 is -1.08. The highest BCUT2D eigenvalue weighted by Gasteiger charge is 2.50. The van der Waals surface area contributed by atoms with Gasteiger partial charge in [-0.25, -0.2) is 0 Å². The van der Waals surface area contributed by atoms with Crippen LogP contribution in [0.1, 0.15) is 40.5 Å². The Morgan fingerprint density at radius 2 is 1.33 bits per heavy atom. The van der Waals surface area contributed by atoms with Crippen molar-refractivity contribution in [1.82, 2.24) is 5.32 Å². The van der Waals surface area contributed by atoms with Gasteiger partial charge in [0.1, 0.15) is 5.75 Å². The fourth-order valence-electron chi connectivity index (χ4n) is 2.75. The van der Waals surface area contributed by atoms with E-state index in [2.05, 4.69) is 5.32 Å². The first-order valence-corrected chi connectivity index (χ1v) is 14.8. The molecule has 0 fully saturated rings. The summed E-state index contributed by atoms with van der Waals surface area (Å²) in [6.07, 6.45) is 1.30. The Morgan fingerprint density at radius 3 is 1.77 bits per heavy atom. The average Bonchev–Trinajstić information content (AvgIpc) is 2.71. The van der Waals surface area contributed by atoms with E-state index in [9.17, 15) is 13.7 Å². The van der Waals surface area contributed by atoms with Crippen LogP contribution in [0.25, 0.3) is 0 Å². The van der Waals surface area contributed by atoms with Crippen LogP contribution in [0.3, 0.4) is 0 Å². The average molecular weight is 484 g/mol. The van der Waals surface area contributed by atoms with E-state index >= 15 is 0 Å². The van der Waals surface area contributed by atoms with Gasteiger partial charge in [0, 0.05) is 0 Å². The monoisotopic (exact) mass is 483 g/mol. The molecule has 0 aromatic heterocycles. The second-order valence-corrected chi connectivity index (χ2v) is 12.4. The molecule has 11 heteroatoms. The third-order valence-corrected chi connectivity index (χ3v) is 11.1. The van der Waals surface area contributed by atoms with Gasteiger partial charge in [-0.2, -0.15) is 0 Å². The van der Waals surface area contributed by atoms with Crippen LogP contribution in [0.15, 0.2) is 35.2 Å². The van der Waals surface area contributed by atoms with Crippen molar-refractivity contribution >= 4 is 26.4 Å². The smallest absolute Gasteiger partial charge is 0.359 e. The van der Waals surface area contributed by atoms with Crippen LogP contribution in [-0.4, -0.2) is 48.8 Å². The Balaban J connectivity index is 2.80. The molecule has 1 atom stereocenters. The second-order valence-electron chi connectivity index (χ2n) is 6.15. The lowest BCUT2D eigenvalue weighted by Crippen LogP contribution is -2.33. The van der Waals surface area contributed by atoms with Crippen LogP contribution in [-0.2, 0) is 38.4 Å². The standard InChI is InChI=1S/C19H35NO7P2S/c1-5-24-28(21,25-6-2)19(29(22,26-7-3)27-8-4)20-16-12-13-17-30(23)18-14-10-9-11-15-18/h9-11,14-15,19-20H,5-8,12-13,16-17H2,1-4H3. The Hall–Kier alpha value is -0.210. The van der Waals surface area contributed by atoms with Crippen LogP contribution in [0.4, 0.5) is 0 Å². The van der Waals surface area contributed by atoms with E-state index in [4.69, 9.17) is 18.1 Å². The van der Waals surface area contributed by atoms with Gasteiger partial charge in [0.15, 0.2) is 4.90 Å². The van der Waals surface area contributed by atoms with Gasteiger partial charge in [0.05, 0.1) is 26.4 Å². The first kappa shape index (κ1) is 27.8. The lowest BCUT2D eigenvalue weighted by molar-refractivity contribution is 0.190. The first-order valence-electron chi connectivity index (χ1n) is 10.3. The quantitative estimate of drug-likeness (QED) is 0.188.